The zero-order valence-electron chi connectivity index (χ0n) is 8.22. The molecule has 0 fully saturated rings. The Kier molecular flexibility index (Phi) is 6.25. The van der Waals surface area contributed by atoms with Crippen LogP contribution in [0.5, 0.6) is 0 Å². The number of aliphatic carboxylic acids is 1. The minimum atomic E-state index is -1.17. The van der Waals surface area contributed by atoms with Crippen molar-refractivity contribution in [1.82, 2.24) is 0 Å². The molecular weight excluding hydrogens is 297 g/mol. The summed E-state index contributed by atoms with van der Waals surface area (Å²) in [6, 6.07) is 5.56. The van der Waals surface area contributed by atoms with Crippen LogP contribution in [0.15, 0.2) is 28.7 Å². The Labute approximate surface area is 107 Å². The molecule has 6 heteroatoms. The monoisotopic (exact) mass is 307 g/mol. The molecule has 0 unspecified atom stereocenters. The fourth-order valence-electron chi connectivity index (χ4n) is 1.04. The van der Waals surface area contributed by atoms with Crippen molar-refractivity contribution in [3.05, 3.63) is 34.3 Å². The number of nitrogens with two attached hydrogens (primary N) is 1. The van der Waals surface area contributed by atoms with Gasteiger partial charge >= 0.3 is 5.97 Å². The molecule has 1 atom stereocenters. The van der Waals surface area contributed by atoms with E-state index in [1.807, 2.05) is 0 Å². The van der Waals surface area contributed by atoms with Gasteiger partial charge in [-0.25, -0.2) is 0 Å². The Morgan fingerprint density at radius 1 is 1.31 bits per heavy atom. The number of carbonyl (C=O) groups is 2. The topological polar surface area (TPSA) is 80.4 Å². The number of hydrogen-bond donors (Lipinski definition) is 2. The fraction of sp³-hybridized carbons (Fsp3) is 0.200. The number of carboxylic acid groups (broad SMARTS) is 1. The Morgan fingerprint density at radius 2 is 1.81 bits per heavy atom. The predicted octanol–water partition coefficient (Wildman–Crippen LogP) is 1.86. The Balaban J connectivity index is 0.00000225. The van der Waals surface area contributed by atoms with Gasteiger partial charge in [-0.05, 0) is 12.1 Å². The Bertz CT molecular complexity index is 380. The van der Waals surface area contributed by atoms with Gasteiger partial charge in [-0.3, -0.25) is 9.59 Å². The molecule has 1 aromatic rings. The molecule has 0 aliphatic heterocycles. The smallest absolute Gasteiger partial charge is 0.320 e. The number of Topliss-reactive ketones (excluding diaryl/α,β-unsaturated/α-hetero) is 1. The largest absolute Gasteiger partial charge is 0.480 e. The minimum Gasteiger partial charge on any atom is -0.480 e. The van der Waals surface area contributed by atoms with Crippen LogP contribution in [-0.2, 0) is 4.79 Å². The second-order valence-corrected chi connectivity index (χ2v) is 3.99. The highest BCUT2D eigenvalue weighted by molar-refractivity contribution is 9.10. The maximum Gasteiger partial charge on any atom is 0.320 e. The van der Waals surface area contributed by atoms with Gasteiger partial charge in [0, 0.05) is 16.5 Å². The summed E-state index contributed by atoms with van der Waals surface area (Å²) in [5.41, 5.74) is 5.72. The third-order valence-electron chi connectivity index (χ3n) is 1.89. The van der Waals surface area contributed by atoms with Crippen LogP contribution in [-0.4, -0.2) is 22.9 Å². The third-order valence-corrected chi connectivity index (χ3v) is 2.42. The van der Waals surface area contributed by atoms with Gasteiger partial charge < -0.3 is 10.8 Å². The minimum absolute atomic E-state index is 0. The number of ketones is 1. The standard InChI is InChI=1S/C10H10BrNO3.ClH/c11-7-3-1-6(2-4-7)9(13)5-8(12)10(14)15;/h1-4,8H,5,12H2,(H,14,15);1H/t8-;/m0./s1. The fourth-order valence-corrected chi connectivity index (χ4v) is 1.31. The lowest BCUT2D eigenvalue weighted by Crippen LogP contribution is -2.32. The molecule has 0 aromatic heterocycles. The highest BCUT2D eigenvalue weighted by atomic mass is 79.9. The van der Waals surface area contributed by atoms with Crippen LogP contribution in [0, 0.1) is 0 Å². The number of carboxylic acids is 1. The highest BCUT2D eigenvalue weighted by Crippen LogP contribution is 2.12. The summed E-state index contributed by atoms with van der Waals surface area (Å²) < 4.78 is 0.863. The number of halogens is 2. The molecule has 0 saturated carbocycles. The average molecular weight is 309 g/mol. The van der Waals surface area contributed by atoms with Crippen LogP contribution in [0.4, 0.5) is 0 Å². The van der Waals surface area contributed by atoms with Crippen LogP contribution in [0.25, 0.3) is 0 Å². The third kappa shape index (κ3) is 4.30. The van der Waals surface area contributed by atoms with E-state index >= 15 is 0 Å². The Hall–Kier alpha value is -0.910. The summed E-state index contributed by atoms with van der Waals surface area (Å²) in [6.45, 7) is 0. The first-order valence-corrected chi connectivity index (χ1v) is 5.07. The van der Waals surface area contributed by atoms with Crippen LogP contribution in [0.2, 0.25) is 0 Å². The second kappa shape index (κ2) is 6.62. The maximum absolute atomic E-state index is 11.5. The number of benzene rings is 1. The average Bonchev–Trinajstić information content (AvgIpc) is 2.18. The predicted molar refractivity (Wildman–Crippen MR) is 65.9 cm³/mol. The van der Waals surface area contributed by atoms with E-state index in [1.54, 1.807) is 24.3 Å². The van der Waals surface area contributed by atoms with Crippen molar-refractivity contribution in [2.24, 2.45) is 5.73 Å². The zero-order chi connectivity index (χ0) is 11.4. The zero-order valence-corrected chi connectivity index (χ0v) is 10.6. The van der Waals surface area contributed by atoms with Gasteiger partial charge in [0.25, 0.3) is 0 Å². The number of carbonyl (C=O) groups excluding carboxylic acids is 1. The van der Waals surface area contributed by atoms with E-state index in [2.05, 4.69) is 15.9 Å². The molecule has 16 heavy (non-hydrogen) atoms. The first-order valence-electron chi connectivity index (χ1n) is 4.28. The number of hydrogen-bond acceptors (Lipinski definition) is 3. The maximum atomic E-state index is 11.5. The molecule has 0 bridgehead atoms. The summed E-state index contributed by atoms with van der Waals surface area (Å²) >= 11 is 3.24. The molecule has 3 N–H and O–H groups in total. The lowest BCUT2D eigenvalue weighted by molar-refractivity contribution is -0.138. The summed E-state index contributed by atoms with van der Waals surface area (Å²) in [7, 11) is 0. The summed E-state index contributed by atoms with van der Waals surface area (Å²) in [4.78, 5) is 21.9. The number of rotatable bonds is 4. The lowest BCUT2D eigenvalue weighted by atomic mass is 10.0. The lowest BCUT2D eigenvalue weighted by Gasteiger charge is -2.05. The van der Waals surface area contributed by atoms with Gasteiger partial charge in [0.1, 0.15) is 6.04 Å². The summed E-state index contributed by atoms with van der Waals surface area (Å²) in [6.07, 6.45) is -0.184. The van der Waals surface area contributed by atoms with Crippen molar-refractivity contribution in [2.75, 3.05) is 0 Å². The molecule has 0 heterocycles. The van der Waals surface area contributed by atoms with Crippen molar-refractivity contribution in [3.63, 3.8) is 0 Å². The molecule has 1 aromatic carbocycles. The first-order chi connectivity index (χ1) is 7.00. The van der Waals surface area contributed by atoms with Crippen molar-refractivity contribution < 1.29 is 14.7 Å². The van der Waals surface area contributed by atoms with Gasteiger partial charge in [0.15, 0.2) is 5.78 Å². The second-order valence-electron chi connectivity index (χ2n) is 3.08. The van der Waals surface area contributed by atoms with Gasteiger partial charge in [0.05, 0.1) is 0 Å². The Morgan fingerprint density at radius 3 is 2.25 bits per heavy atom. The molecule has 0 radical (unpaired) electrons. The van der Waals surface area contributed by atoms with Crippen molar-refractivity contribution in [2.45, 2.75) is 12.5 Å². The van der Waals surface area contributed by atoms with E-state index < -0.39 is 12.0 Å². The molecule has 1 rings (SSSR count). The van der Waals surface area contributed by atoms with Crippen molar-refractivity contribution in [1.29, 1.82) is 0 Å². The van der Waals surface area contributed by atoms with Gasteiger partial charge in [-0.1, -0.05) is 28.1 Å². The van der Waals surface area contributed by atoms with E-state index in [9.17, 15) is 9.59 Å². The van der Waals surface area contributed by atoms with Gasteiger partial charge in [0.2, 0.25) is 0 Å². The van der Waals surface area contributed by atoms with Crippen molar-refractivity contribution >= 4 is 40.1 Å². The quantitative estimate of drug-likeness (QED) is 0.832. The van der Waals surface area contributed by atoms with Gasteiger partial charge in [-0.15, -0.1) is 12.4 Å². The van der Waals surface area contributed by atoms with E-state index in [0.717, 1.165) is 4.47 Å². The van der Waals surface area contributed by atoms with E-state index in [-0.39, 0.29) is 24.6 Å². The molecule has 0 aliphatic carbocycles. The van der Waals surface area contributed by atoms with Crippen LogP contribution in [0.1, 0.15) is 16.8 Å². The normalized spacial score (nSPS) is 11.4. The van der Waals surface area contributed by atoms with E-state index in [1.165, 1.54) is 0 Å². The molecule has 0 spiro atoms. The molecule has 4 nitrogen and oxygen atoms in total. The summed E-state index contributed by atoms with van der Waals surface area (Å²) in [5.74, 6) is -1.43. The molecule has 0 aliphatic rings. The molecular formula is C10H11BrClNO3. The van der Waals surface area contributed by atoms with Crippen molar-refractivity contribution in [3.8, 4) is 0 Å². The summed E-state index contributed by atoms with van der Waals surface area (Å²) in [5, 5.41) is 8.54. The van der Waals surface area contributed by atoms with E-state index in [4.69, 9.17) is 10.8 Å². The molecule has 0 saturated heterocycles. The van der Waals surface area contributed by atoms with Crippen LogP contribution >= 0.6 is 28.3 Å². The highest BCUT2D eigenvalue weighted by Gasteiger charge is 2.17. The SMILES string of the molecule is Cl.N[C@@H](CC(=O)c1ccc(Br)cc1)C(=O)O. The van der Waals surface area contributed by atoms with E-state index in [0.29, 0.717) is 5.56 Å². The molecule has 0 amide bonds. The van der Waals surface area contributed by atoms with Crippen LogP contribution in [0.3, 0.4) is 0 Å². The first kappa shape index (κ1) is 15.1. The van der Waals surface area contributed by atoms with Gasteiger partial charge in [-0.2, -0.15) is 0 Å². The molecule has 88 valence electrons. The van der Waals surface area contributed by atoms with Crippen LogP contribution < -0.4 is 5.73 Å².